The third-order valence-electron chi connectivity index (χ3n) is 3.12. The van der Waals surface area contributed by atoms with Gasteiger partial charge in [-0.2, -0.15) is 0 Å². The molecule has 0 aliphatic carbocycles. The van der Waals surface area contributed by atoms with Crippen LogP contribution in [0.25, 0.3) is 0 Å². The van der Waals surface area contributed by atoms with E-state index in [0.717, 1.165) is 18.6 Å². The van der Waals surface area contributed by atoms with Gasteiger partial charge in [-0.3, -0.25) is 0 Å². The van der Waals surface area contributed by atoms with Crippen LogP contribution < -0.4 is 0 Å². The number of hydrogen-bond acceptors (Lipinski definition) is 1. The quantitative estimate of drug-likeness (QED) is 0.724. The Hall–Kier alpha value is -1.38. The highest BCUT2D eigenvalue weighted by Crippen LogP contribution is 2.12. The molecule has 0 heterocycles. The van der Waals surface area contributed by atoms with Crippen molar-refractivity contribution >= 4 is 9.68 Å². The molecule has 0 saturated carbocycles. The van der Waals surface area contributed by atoms with Gasteiger partial charge in [-0.15, -0.1) is 0 Å². The summed E-state index contributed by atoms with van der Waals surface area (Å²) in [5.74, 6) is 0. The summed E-state index contributed by atoms with van der Waals surface area (Å²) >= 11 is 0. The van der Waals surface area contributed by atoms with Crippen molar-refractivity contribution in [1.82, 2.24) is 4.57 Å². The van der Waals surface area contributed by atoms with Gasteiger partial charge in [0.1, 0.15) is 0 Å². The van der Waals surface area contributed by atoms with E-state index in [9.17, 15) is 0 Å². The Morgan fingerprint density at radius 1 is 0.789 bits per heavy atom. The van der Waals surface area contributed by atoms with Crippen LogP contribution in [0.3, 0.4) is 0 Å². The van der Waals surface area contributed by atoms with E-state index in [1.807, 2.05) is 0 Å². The third-order valence-corrected chi connectivity index (χ3v) is 4.82. The van der Waals surface area contributed by atoms with Crippen LogP contribution >= 0.6 is 0 Å². The molecule has 100 valence electrons. The highest BCUT2D eigenvalue weighted by molar-refractivity contribution is 6.33. The lowest BCUT2D eigenvalue weighted by atomic mass is 10.2. The molecule has 2 rings (SSSR count). The van der Waals surface area contributed by atoms with Crippen LogP contribution in [0.2, 0.25) is 5.54 Å². The van der Waals surface area contributed by atoms with E-state index in [2.05, 4.69) is 79.1 Å². The monoisotopic (exact) mass is 269 g/mol. The van der Waals surface area contributed by atoms with E-state index in [0.29, 0.717) is 0 Å². The van der Waals surface area contributed by atoms with Crippen molar-refractivity contribution in [2.45, 2.75) is 32.5 Å². The fourth-order valence-corrected chi connectivity index (χ4v) is 4.19. The Bertz CT molecular complexity index is 426. The van der Waals surface area contributed by atoms with Crippen LogP contribution in [-0.2, 0) is 13.1 Å². The van der Waals surface area contributed by atoms with Crippen molar-refractivity contribution in [2.24, 2.45) is 0 Å². The molecular formula is C17H23NSi. The highest BCUT2D eigenvalue weighted by atomic mass is 28.2. The van der Waals surface area contributed by atoms with Gasteiger partial charge in [-0.1, -0.05) is 74.5 Å². The number of nitrogens with zero attached hydrogens (tertiary/aromatic N) is 1. The minimum absolute atomic E-state index is 0.194. The van der Waals surface area contributed by atoms with Crippen LogP contribution in [0.5, 0.6) is 0 Å². The molecule has 0 atom stereocenters. The first-order chi connectivity index (χ1) is 9.24. The molecule has 2 heteroatoms. The second kappa shape index (κ2) is 7.27. The lowest BCUT2D eigenvalue weighted by Crippen LogP contribution is -2.28. The van der Waals surface area contributed by atoms with Gasteiger partial charge in [0, 0.05) is 13.1 Å². The molecule has 0 N–H and O–H groups in total. The lowest BCUT2D eigenvalue weighted by molar-refractivity contribution is 0.427. The van der Waals surface area contributed by atoms with Crippen LogP contribution in [-0.4, -0.2) is 14.2 Å². The van der Waals surface area contributed by atoms with Crippen molar-refractivity contribution in [3.05, 3.63) is 71.8 Å². The first-order valence-electron chi connectivity index (χ1n) is 7.04. The standard InChI is InChI=1S/C17H23NSi/c1-15(2)19-18(13-16-9-5-3-6-10-16)14-17-11-7-4-8-12-17/h3-12,15H,13-14,19H2,1-2H3. The molecule has 0 aliphatic heterocycles. The third kappa shape index (κ3) is 5.01. The second-order valence-electron chi connectivity index (χ2n) is 5.53. The van der Waals surface area contributed by atoms with Gasteiger partial charge in [-0.25, -0.2) is 0 Å². The van der Waals surface area contributed by atoms with E-state index >= 15 is 0 Å². The van der Waals surface area contributed by atoms with Crippen LogP contribution in [0.4, 0.5) is 0 Å². The topological polar surface area (TPSA) is 3.24 Å². The zero-order valence-electron chi connectivity index (χ0n) is 11.9. The molecule has 0 fully saturated rings. The van der Waals surface area contributed by atoms with E-state index in [-0.39, 0.29) is 9.68 Å². The largest absolute Gasteiger partial charge is 0.321 e. The molecule has 0 radical (unpaired) electrons. The molecule has 0 aliphatic rings. The highest BCUT2D eigenvalue weighted by Gasteiger charge is 2.09. The van der Waals surface area contributed by atoms with Crippen LogP contribution in [0.15, 0.2) is 60.7 Å². The number of hydrogen-bond donors (Lipinski definition) is 0. The first-order valence-corrected chi connectivity index (χ1v) is 8.49. The van der Waals surface area contributed by atoms with Crippen molar-refractivity contribution in [2.75, 3.05) is 0 Å². The van der Waals surface area contributed by atoms with Crippen LogP contribution in [0.1, 0.15) is 25.0 Å². The van der Waals surface area contributed by atoms with E-state index in [1.165, 1.54) is 11.1 Å². The van der Waals surface area contributed by atoms with Crippen molar-refractivity contribution in [3.8, 4) is 0 Å². The summed E-state index contributed by atoms with van der Waals surface area (Å²) in [6.07, 6.45) is 0. The maximum absolute atomic E-state index is 2.66. The summed E-state index contributed by atoms with van der Waals surface area (Å²) < 4.78 is 2.66. The molecule has 0 unspecified atom stereocenters. The predicted octanol–water partition coefficient (Wildman–Crippen LogP) is 3.60. The predicted molar refractivity (Wildman–Crippen MR) is 85.8 cm³/mol. The summed E-state index contributed by atoms with van der Waals surface area (Å²) in [7, 11) is -0.194. The number of rotatable bonds is 6. The van der Waals surface area contributed by atoms with Gasteiger partial charge in [0.25, 0.3) is 0 Å². The molecule has 1 nitrogen and oxygen atoms in total. The Kier molecular flexibility index (Phi) is 5.37. The van der Waals surface area contributed by atoms with Gasteiger partial charge in [0.05, 0.1) is 9.68 Å². The Balaban J connectivity index is 2.03. The van der Waals surface area contributed by atoms with Crippen molar-refractivity contribution in [3.63, 3.8) is 0 Å². The second-order valence-corrected chi connectivity index (χ2v) is 8.43. The molecule has 19 heavy (non-hydrogen) atoms. The molecule has 2 aromatic rings. The minimum atomic E-state index is -0.194. The Labute approximate surface area is 119 Å². The normalized spacial score (nSPS) is 11.8. The Morgan fingerprint density at radius 2 is 1.21 bits per heavy atom. The smallest absolute Gasteiger partial charge is 0.0984 e. The van der Waals surface area contributed by atoms with Gasteiger partial charge in [0.2, 0.25) is 0 Å². The zero-order chi connectivity index (χ0) is 13.5. The molecule has 0 aromatic heterocycles. The van der Waals surface area contributed by atoms with E-state index < -0.39 is 0 Å². The van der Waals surface area contributed by atoms with Gasteiger partial charge in [0.15, 0.2) is 0 Å². The van der Waals surface area contributed by atoms with Crippen LogP contribution in [0, 0.1) is 0 Å². The van der Waals surface area contributed by atoms with Gasteiger partial charge >= 0.3 is 0 Å². The molecule has 2 aromatic carbocycles. The van der Waals surface area contributed by atoms with Crippen molar-refractivity contribution < 1.29 is 0 Å². The first kappa shape index (κ1) is 14.0. The fourth-order valence-electron chi connectivity index (χ4n) is 2.38. The van der Waals surface area contributed by atoms with Gasteiger partial charge < -0.3 is 4.57 Å². The minimum Gasteiger partial charge on any atom is -0.321 e. The van der Waals surface area contributed by atoms with Gasteiger partial charge in [-0.05, 0) is 16.7 Å². The fraction of sp³-hybridized carbons (Fsp3) is 0.294. The summed E-state index contributed by atoms with van der Waals surface area (Å²) in [4.78, 5) is 0. The molecule has 0 spiro atoms. The van der Waals surface area contributed by atoms with Crippen molar-refractivity contribution in [1.29, 1.82) is 0 Å². The molecule has 0 saturated heterocycles. The average Bonchev–Trinajstić information content (AvgIpc) is 2.40. The summed E-state index contributed by atoms with van der Waals surface area (Å²) in [5, 5.41) is 0. The molecule has 0 amide bonds. The van der Waals surface area contributed by atoms with E-state index in [4.69, 9.17) is 0 Å². The number of benzene rings is 2. The average molecular weight is 269 g/mol. The maximum atomic E-state index is 2.66. The Morgan fingerprint density at radius 3 is 1.58 bits per heavy atom. The zero-order valence-corrected chi connectivity index (χ0v) is 13.3. The molecule has 0 bridgehead atoms. The maximum Gasteiger partial charge on any atom is 0.0984 e. The summed E-state index contributed by atoms with van der Waals surface area (Å²) in [6, 6.07) is 21.6. The van der Waals surface area contributed by atoms with E-state index in [1.54, 1.807) is 0 Å². The lowest BCUT2D eigenvalue weighted by Gasteiger charge is -2.24. The molecular weight excluding hydrogens is 246 g/mol. The summed E-state index contributed by atoms with van der Waals surface area (Å²) in [5.41, 5.74) is 3.67. The summed E-state index contributed by atoms with van der Waals surface area (Å²) in [6.45, 7) is 6.85. The SMILES string of the molecule is CC(C)[SiH2]N(Cc1ccccc1)Cc1ccccc1.